The topological polar surface area (TPSA) is 102 Å². The standard InChI is InChI=1S/C21H18N2O4S/c24-21(25)20(12-16-13-22-19-8-4-3-7-18(16)19)23-28(26,27)17-10-9-14-5-1-2-6-15(14)11-17/h1-11,13,20,22-23H,12H2,(H,24,25)/p-1/t20-/m0/s1. The number of H-pyrrole nitrogens is 1. The van der Waals surface area contributed by atoms with Gasteiger partial charge in [-0.05, 0) is 41.0 Å². The van der Waals surface area contributed by atoms with Gasteiger partial charge in [-0.2, -0.15) is 0 Å². The number of fused-ring (bicyclic) bond motifs is 2. The molecule has 0 fully saturated rings. The molecular weight excluding hydrogens is 376 g/mol. The van der Waals surface area contributed by atoms with E-state index in [-0.39, 0.29) is 11.3 Å². The summed E-state index contributed by atoms with van der Waals surface area (Å²) in [4.78, 5) is 14.7. The largest absolute Gasteiger partial charge is 0.548 e. The monoisotopic (exact) mass is 393 g/mol. The van der Waals surface area contributed by atoms with E-state index in [1.165, 1.54) is 12.1 Å². The number of rotatable bonds is 6. The van der Waals surface area contributed by atoms with E-state index in [1.54, 1.807) is 18.3 Å². The fraction of sp³-hybridized carbons (Fsp3) is 0.0952. The highest BCUT2D eigenvalue weighted by Gasteiger charge is 2.22. The Kier molecular flexibility index (Phi) is 4.62. The van der Waals surface area contributed by atoms with Gasteiger partial charge in [-0.25, -0.2) is 13.1 Å². The third kappa shape index (κ3) is 3.49. The minimum atomic E-state index is -4.03. The van der Waals surface area contributed by atoms with Crippen LogP contribution < -0.4 is 9.83 Å². The summed E-state index contributed by atoms with van der Waals surface area (Å²) in [5.41, 5.74) is 1.55. The molecule has 0 aliphatic carbocycles. The smallest absolute Gasteiger partial charge is 0.241 e. The maximum atomic E-state index is 12.8. The van der Waals surface area contributed by atoms with Crippen LogP contribution in [0.1, 0.15) is 5.56 Å². The minimum absolute atomic E-state index is 0.0105. The molecule has 0 aliphatic rings. The molecule has 4 aromatic rings. The Hall–Kier alpha value is -3.16. The van der Waals surface area contributed by atoms with Gasteiger partial charge in [-0.1, -0.05) is 48.5 Å². The number of benzene rings is 3. The van der Waals surface area contributed by atoms with Crippen LogP contribution >= 0.6 is 0 Å². The second-order valence-corrected chi connectivity index (χ2v) is 8.28. The molecule has 0 unspecified atom stereocenters. The molecule has 0 amide bonds. The van der Waals surface area contributed by atoms with Crippen LogP contribution in [-0.2, 0) is 21.2 Å². The van der Waals surface area contributed by atoms with Crippen molar-refractivity contribution in [3.05, 3.63) is 78.5 Å². The van der Waals surface area contributed by atoms with E-state index >= 15 is 0 Å². The summed E-state index contributed by atoms with van der Waals surface area (Å²) in [5, 5.41) is 14.1. The van der Waals surface area contributed by atoms with E-state index in [0.29, 0.717) is 5.56 Å². The normalized spacial score (nSPS) is 13.0. The molecule has 0 bridgehead atoms. The molecular formula is C21H17N2O4S-. The van der Waals surface area contributed by atoms with Gasteiger partial charge >= 0.3 is 0 Å². The summed E-state index contributed by atoms with van der Waals surface area (Å²) in [6.45, 7) is 0. The van der Waals surface area contributed by atoms with Crippen molar-refractivity contribution in [3.8, 4) is 0 Å². The Morgan fingerprint density at radius 3 is 2.50 bits per heavy atom. The molecule has 0 radical (unpaired) electrons. The summed E-state index contributed by atoms with van der Waals surface area (Å²) in [5.74, 6) is -1.48. The molecule has 1 aromatic heterocycles. The van der Waals surface area contributed by atoms with Crippen LogP contribution in [0.3, 0.4) is 0 Å². The van der Waals surface area contributed by atoms with Gasteiger partial charge in [0.1, 0.15) is 0 Å². The molecule has 4 rings (SSSR count). The summed E-state index contributed by atoms with van der Waals surface area (Å²) < 4.78 is 27.8. The number of para-hydroxylation sites is 1. The number of carboxylic acid groups (broad SMARTS) is 1. The molecule has 0 saturated heterocycles. The number of nitrogens with one attached hydrogen (secondary N) is 2. The highest BCUT2D eigenvalue weighted by molar-refractivity contribution is 7.89. The lowest BCUT2D eigenvalue weighted by atomic mass is 10.1. The molecule has 3 aromatic carbocycles. The second kappa shape index (κ2) is 7.10. The number of sulfonamides is 1. The summed E-state index contributed by atoms with van der Waals surface area (Å²) in [7, 11) is -4.03. The van der Waals surface area contributed by atoms with Crippen molar-refractivity contribution < 1.29 is 18.3 Å². The fourth-order valence-electron chi connectivity index (χ4n) is 3.28. The highest BCUT2D eigenvalue weighted by Crippen LogP contribution is 2.21. The minimum Gasteiger partial charge on any atom is -0.548 e. The number of carbonyl (C=O) groups excluding carboxylic acids is 1. The van der Waals surface area contributed by atoms with E-state index < -0.39 is 22.0 Å². The number of hydrogen-bond donors (Lipinski definition) is 2. The van der Waals surface area contributed by atoms with Gasteiger partial charge < -0.3 is 14.9 Å². The van der Waals surface area contributed by atoms with Crippen LogP contribution in [0.25, 0.3) is 21.7 Å². The Labute approximate surface area is 161 Å². The maximum absolute atomic E-state index is 12.8. The molecule has 0 saturated carbocycles. The summed E-state index contributed by atoms with van der Waals surface area (Å²) in [6, 6.07) is 18.1. The lowest BCUT2D eigenvalue weighted by Crippen LogP contribution is -2.49. The first-order valence-corrected chi connectivity index (χ1v) is 10.2. The van der Waals surface area contributed by atoms with Crippen LogP contribution in [0.15, 0.2) is 77.8 Å². The molecule has 28 heavy (non-hydrogen) atoms. The SMILES string of the molecule is O=C([O-])[C@H](Cc1c[nH]c2ccccc12)NS(=O)(=O)c1ccc2ccccc2c1. The molecule has 142 valence electrons. The van der Waals surface area contributed by atoms with Gasteiger partial charge in [-0.3, -0.25) is 0 Å². The van der Waals surface area contributed by atoms with Crippen LogP contribution in [0.4, 0.5) is 0 Å². The van der Waals surface area contributed by atoms with Gasteiger partial charge in [0.05, 0.1) is 16.9 Å². The number of aromatic amines is 1. The zero-order valence-corrected chi connectivity index (χ0v) is 15.6. The molecule has 2 N–H and O–H groups in total. The Morgan fingerprint density at radius 2 is 1.71 bits per heavy atom. The van der Waals surface area contributed by atoms with E-state index in [1.807, 2.05) is 42.5 Å². The van der Waals surface area contributed by atoms with Crippen molar-refractivity contribution in [1.29, 1.82) is 0 Å². The van der Waals surface area contributed by atoms with Crippen molar-refractivity contribution in [2.24, 2.45) is 0 Å². The Morgan fingerprint density at radius 1 is 1.00 bits per heavy atom. The predicted octanol–water partition coefficient (Wildman–Crippen LogP) is 1.96. The number of aliphatic carboxylic acids is 1. The molecule has 7 heteroatoms. The number of aromatic nitrogens is 1. The van der Waals surface area contributed by atoms with Gasteiger partial charge in [0.2, 0.25) is 10.0 Å². The molecule has 6 nitrogen and oxygen atoms in total. The quantitative estimate of drug-likeness (QED) is 0.523. The molecule has 1 heterocycles. The highest BCUT2D eigenvalue weighted by atomic mass is 32.2. The van der Waals surface area contributed by atoms with Crippen LogP contribution in [0.5, 0.6) is 0 Å². The van der Waals surface area contributed by atoms with E-state index in [9.17, 15) is 18.3 Å². The average molecular weight is 393 g/mol. The molecule has 0 spiro atoms. The van der Waals surface area contributed by atoms with Crippen molar-refractivity contribution in [3.63, 3.8) is 0 Å². The fourth-order valence-corrected chi connectivity index (χ4v) is 4.50. The van der Waals surface area contributed by atoms with Crippen molar-refractivity contribution >= 4 is 37.7 Å². The Bertz CT molecular complexity index is 1280. The second-order valence-electron chi connectivity index (χ2n) is 6.57. The van der Waals surface area contributed by atoms with Crippen molar-refractivity contribution in [2.75, 3.05) is 0 Å². The van der Waals surface area contributed by atoms with Crippen molar-refractivity contribution in [2.45, 2.75) is 17.4 Å². The maximum Gasteiger partial charge on any atom is 0.241 e. The molecule has 0 aliphatic heterocycles. The van der Waals surface area contributed by atoms with Crippen LogP contribution in [-0.4, -0.2) is 25.4 Å². The van der Waals surface area contributed by atoms with Gasteiger partial charge in [0.25, 0.3) is 0 Å². The zero-order chi connectivity index (χ0) is 19.7. The summed E-state index contributed by atoms with van der Waals surface area (Å²) in [6.07, 6.45) is 1.66. The van der Waals surface area contributed by atoms with E-state index in [2.05, 4.69) is 9.71 Å². The van der Waals surface area contributed by atoms with Gasteiger partial charge in [0.15, 0.2) is 0 Å². The predicted molar refractivity (Wildman–Crippen MR) is 105 cm³/mol. The lowest BCUT2D eigenvalue weighted by molar-refractivity contribution is -0.307. The number of hydrogen-bond acceptors (Lipinski definition) is 4. The van der Waals surface area contributed by atoms with Crippen LogP contribution in [0, 0.1) is 0 Å². The first-order chi connectivity index (χ1) is 13.4. The lowest BCUT2D eigenvalue weighted by Gasteiger charge is -2.19. The Balaban J connectivity index is 1.63. The third-order valence-electron chi connectivity index (χ3n) is 4.71. The van der Waals surface area contributed by atoms with Crippen LogP contribution in [0.2, 0.25) is 0 Å². The van der Waals surface area contributed by atoms with Crippen molar-refractivity contribution in [1.82, 2.24) is 9.71 Å². The van der Waals surface area contributed by atoms with E-state index in [4.69, 9.17) is 0 Å². The number of carbonyl (C=O) groups is 1. The average Bonchev–Trinajstić information content (AvgIpc) is 3.10. The van der Waals surface area contributed by atoms with Gasteiger partial charge in [-0.15, -0.1) is 0 Å². The first-order valence-electron chi connectivity index (χ1n) is 8.71. The van der Waals surface area contributed by atoms with Gasteiger partial charge in [0, 0.05) is 17.1 Å². The summed E-state index contributed by atoms with van der Waals surface area (Å²) >= 11 is 0. The first kappa shape index (κ1) is 18.2. The van der Waals surface area contributed by atoms with E-state index in [0.717, 1.165) is 21.7 Å². The third-order valence-corrected chi connectivity index (χ3v) is 6.18. The zero-order valence-electron chi connectivity index (χ0n) is 14.8. The molecule has 1 atom stereocenters. The number of carboxylic acids is 1.